The molecule has 6 heteroatoms. The Kier molecular flexibility index (Phi) is 7.59. The Balaban J connectivity index is 2.06. The number of hydrogen-bond donors (Lipinski definition) is 1. The summed E-state index contributed by atoms with van der Waals surface area (Å²) in [5.41, 5.74) is 5.69. The van der Waals surface area contributed by atoms with Gasteiger partial charge in [0.05, 0.1) is 13.2 Å². The molecule has 0 aromatic rings. The van der Waals surface area contributed by atoms with Gasteiger partial charge in [0.25, 0.3) is 0 Å². The number of nitrogens with two attached hydrogens (primary N) is 1. The molecule has 2 N–H and O–H groups in total. The summed E-state index contributed by atoms with van der Waals surface area (Å²) >= 11 is 1.65. The zero-order valence-electron chi connectivity index (χ0n) is 10.4. The number of carbonyl (C=O) groups is 1. The predicted octanol–water partition coefficient (Wildman–Crippen LogP) is -0.0578. The Morgan fingerprint density at radius 1 is 1.53 bits per heavy atom. The highest BCUT2D eigenvalue weighted by molar-refractivity contribution is 7.99. The number of rotatable bonds is 7. The lowest BCUT2D eigenvalue weighted by molar-refractivity contribution is -0.145. The first-order valence-electron chi connectivity index (χ1n) is 6.04. The van der Waals surface area contributed by atoms with Crippen LogP contribution in [0.25, 0.3) is 0 Å². The van der Waals surface area contributed by atoms with E-state index >= 15 is 0 Å². The van der Waals surface area contributed by atoms with Crippen molar-refractivity contribution in [2.24, 2.45) is 5.73 Å². The summed E-state index contributed by atoms with van der Waals surface area (Å²) in [5.74, 6) is 1.31. The molecule has 1 aliphatic rings. The zero-order chi connectivity index (χ0) is 12.5. The van der Waals surface area contributed by atoms with Crippen molar-refractivity contribution in [3.8, 4) is 0 Å². The molecule has 1 unspecified atom stereocenters. The van der Waals surface area contributed by atoms with Gasteiger partial charge in [-0.1, -0.05) is 6.92 Å². The molecule has 5 nitrogen and oxygen atoms in total. The van der Waals surface area contributed by atoms with Gasteiger partial charge in [-0.05, 0) is 5.75 Å². The minimum atomic E-state index is -0.496. The third-order valence-corrected chi connectivity index (χ3v) is 3.56. The molecule has 0 saturated carbocycles. The minimum Gasteiger partial charge on any atom is -0.463 e. The first-order valence-corrected chi connectivity index (χ1v) is 7.19. The third kappa shape index (κ3) is 6.26. The summed E-state index contributed by atoms with van der Waals surface area (Å²) in [4.78, 5) is 13.7. The van der Waals surface area contributed by atoms with Crippen LogP contribution in [0, 0.1) is 0 Å². The number of hydrogen-bond acceptors (Lipinski definition) is 6. The molecule has 0 amide bonds. The molecule has 0 aliphatic carbocycles. The van der Waals surface area contributed by atoms with Crippen LogP contribution in [0.15, 0.2) is 0 Å². The summed E-state index contributed by atoms with van der Waals surface area (Å²) in [6, 6.07) is -0.496. The van der Waals surface area contributed by atoms with Crippen LogP contribution in [0.4, 0.5) is 0 Å². The van der Waals surface area contributed by atoms with Crippen molar-refractivity contribution in [3.63, 3.8) is 0 Å². The normalized spacial score (nSPS) is 18.9. The second-order valence-corrected chi connectivity index (χ2v) is 5.21. The number of carbonyl (C=O) groups excluding carboxylic acids is 1. The van der Waals surface area contributed by atoms with Gasteiger partial charge in [-0.15, -0.1) is 0 Å². The second-order valence-electron chi connectivity index (χ2n) is 3.89. The van der Waals surface area contributed by atoms with Crippen LogP contribution in [0.1, 0.15) is 6.92 Å². The van der Waals surface area contributed by atoms with Crippen LogP contribution >= 0.6 is 11.8 Å². The Labute approximate surface area is 107 Å². The summed E-state index contributed by atoms with van der Waals surface area (Å²) in [5, 5.41) is 0. The molecule has 0 bridgehead atoms. The fourth-order valence-corrected chi connectivity index (χ4v) is 2.15. The topological polar surface area (TPSA) is 64.8 Å². The quantitative estimate of drug-likeness (QED) is 0.649. The van der Waals surface area contributed by atoms with E-state index in [1.807, 2.05) is 6.92 Å². The third-order valence-electron chi connectivity index (χ3n) is 2.56. The van der Waals surface area contributed by atoms with Crippen LogP contribution in [0.3, 0.4) is 0 Å². The lowest BCUT2D eigenvalue weighted by Crippen LogP contribution is -2.40. The lowest BCUT2D eigenvalue weighted by Gasteiger charge is -2.26. The van der Waals surface area contributed by atoms with Crippen LogP contribution < -0.4 is 5.73 Å². The molecule has 1 rings (SSSR count). The maximum atomic E-state index is 11.5. The molecular formula is C11H22N2O3S. The summed E-state index contributed by atoms with van der Waals surface area (Å²) in [6.45, 7) is 6.58. The van der Waals surface area contributed by atoms with Crippen molar-refractivity contribution in [2.75, 3.05) is 51.0 Å². The molecule has 17 heavy (non-hydrogen) atoms. The number of esters is 1. The van der Waals surface area contributed by atoms with E-state index in [4.69, 9.17) is 15.2 Å². The van der Waals surface area contributed by atoms with Gasteiger partial charge >= 0.3 is 5.97 Å². The fraction of sp³-hybridized carbons (Fsp3) is 0.909. The van der Waals surface area contributed by atoms with E-state index in [2.05, 4.69) is 4.90 Å². The van der Waals surface area contributed by atoms with Crippen molar-refractivity contribution >= 4 is 17.7 Å². The van der Waals surface area contributed by atoms with Crippen molar-refractivity contribution in [1.82, 2.24) is 4.90 Å². The first kappa shape index (κ1) is 14.8. The van der Waals surface area contributed by atoms with Gasteiger partial charge in [0.15, 0.2) is 0 Å². The van der Waals surface area contributed by atoms with Crippen molar-refractivity contribution in [1.29, 1.82) is 0 Å². The van der Waals surface area contributed by atoms with E-state index < -0.39 is 6.04 Å². The summed E-state index contributed by atoms with van der Waals surface area (Å²) < 4.78 is 10.4. The predicted molar refractivity (Wildman–Crippen MR) is 69.2 cm³/mol. The standard InChI is InChI=1S/C11H22N2O3S/c1-2-17-9-10(12)11(14)16-8-5-13-3-6-15-7-4-13/h10H,2-9,12H2,1H3. The number of ether oxygens (including phenoxy) is 2. The monoisotopic (exact) mass is 262 g/mol. The highest BCUT2D eigenvalue weighted by atomic mass is 32.2. The van der Waals surface area contributed by atoms with Crippen LogP contribution in [-0.2, 0) is 14.3 Å². The Hall–Kier alpha value is -0.300. The molecule has 0 spiro atoms. The molecule has 1 aliphatic heterocycles. The summed E-state index contributed by atoms with van der Waals surface area (Å²) in [7, 11) is 0. The molecule has 100 valence electrons. The molecule has 1 saturated heterocycles. The van der Waals surface area contributed by atoms with E-state index in [1.165, 1.54) is 0 Å². The molecule has 0 aromatic heterocycles. The van der Waals surface area contributed by atoms with E-state index in [-0.39, 0.29) is 5.97 Å². The SMILES string of the molecule is CCSCC(N)C(=O)OCCN1CCOCC1. The molecular weight excluding hydrogens is 240 g/mol. The van der Waals surface area contributed by atoms with Crippen molar-refractivity contribution in [3.05, 3.63) is 0 Å². The van der Waals surface area contributed by atoms with E-state index in [0.717, 1.165) is 38.6 Å². The fourth-order valence-electron chi connectivity index (χ4n) is 1.52. The van der Waals surface area contributed by atoms with Gasteiger partial charge in [0.2, 0.25) is 0 Å². The lowest BCUT2D eigenvalue weighted by atomic mass is 10.4. The van der Waals surface area contributed by atoms with Crippen LogP contribution in [0.2, 0.25) is 0 Å². The number of morpholine rings is 1. The maximum Gasteiger partial charge on any atom is 0.323 e. The van der Waals surface area contributed by atoms with Crippen LogP contribution in [0.5, 0.6) is 0 Å². The largest absolute Gasteiger partial charge is 0.463 e. The highest BCUT2D eigenvalue weighted by Gasteiger charge is 2.15. The van der Waals surface area contributed by atoms with E-state index in [1.54, 1.807) is 11.8 Å². The zero-order valence-corrected chi connectivity index (χ0v) is 11.2. The van der Waals surface area contributed by atoms with Gasteiger partial charge in [0.1, 0.15) is 12.6 Å². The van der Waals surface area contributed by atoms with E-state index in [9.17, 15) is 4.79 Å². The first-order chi connectivity index (χ1) is 8.24. The van der Waals surface area contributed by atoms with E-state index in [0.29, 0.717) is 12.4 Å². The average molecular weight is 262 g/mol. The smallest absolute Gasteiger partial charge is 0.323 e. The van der Waals surface area contributed by atoms with Gasteiger partial charge in [-0.25, -0.2) is 0 Å². The Morgan fingerprint density at radius 3 is 2.88 bits per heavy atom. The van der Waals surface area contributed by atoms with Gasteiger partial charge in [-0.2, -0.15) is 11.8 Å². The highest BCUT2D eigenvalue weighted by Crippen LogP contribution is 2.02. The second kappa shape index (κ2) is 8.74. The molecule has 0 radical (unpaired) electrons. The summed E-state index contributed by atoms with van der Waals surface area (Å²) in [6.07, 6.45) is 0. The number of thioether (sulfide) groups is 1. The molecule has 1 heterocycles. The minimum absolute atomic E-state index is 0.292. The van der Waals surface area contributed by atoms with Crippen molar-refractivity contribution in [2.45, 2.75) is 13.0 Å². The van der Waals surface area contributed by atoms with Gasteiger partial charge < -0.3 is 15.2 Å². The van der Waals surface area contributed by atoms with Crippen molar-refractivity contribution < 1.29 is 14.3 Å². The Morgan fingerprint density at radius 2 is 2.24 bits per heavy atom. The van der Waals surface area contributed by atoms with Crippen LogP contribution in [-0.4, -0.2) is 67.9 Å². The average Bonchev–Trinajstić information content (AvgIpc) is 2.37. The van der Waals surface area contributed by atoms with Gasteiger partial charge in [0, 0.05) is 25.4 Å². The maximum absolute atomic E-state index is 11.5. The van der Waals surface area contributed by atoms with Gasteiger partial charge in [-0.3, -0.25) is 9.69 Å². The molecule has 1 atom stereocenters. The number of nitrogens with zero attached hydrogens (tertiary/aromatic N) is 1. The Bertz CT molecular complexity index is 223. The molecule has 1 fully saturated rings. The molecule has 0 aromatic carbocycles.